The molecule has 0 aromatic carbocycles. The minimum atomic E-state index is 0.109. The van der Waals surface area contributed by atoms with Gasteiger partial charge in [-0.3, -0.25) is 0 Å². The van der Waals surface area contributed by atoms with E-state index >= 15 is 0 Å². The molecule has 0 saturated carbocycles. The van der Waals surface area contributed by atoms with E-state index in [2.05, 4.69) is 19.2 Å². The number of nitrogens with one attached hydrogen (secondary N) is 1. The summed E-state index contributed by atoms with van der Waals surface area (Å²) < 4.78 is 5.58. The minimum Gasteiger partial charge on any atom is -0.378 e. The van der Waals surface area contributed by atoms with E-state index in [1.54, 1.807) is 0 Å². The number of halogens is 1. The Balaban J connectivity index is 2.04. The lowest BCUT2D eigenvalue weighted by molar-refractivity contribution is 0.102. The van der Waals surface area contributed by atoms with Crippen molar-refractivity contribution in [1.29, 1.82) is 0 Å². The molecular formula is C12H24ClNO. The molecule has 1 heterocycles. The van der Waals surface area contributed by atoms with Gasteiger partial charge in [0.25, 0.3) is 0 Å². The van der Waals surface area contributed by atoms with Crippen LogP contribution in [0.25, 0.3) is 0 Å². The van der Waals surface area contributed by atoms with Crippen LogP contribution in [0, 0.1) is 0 Å². The zero-order chi connectivity index (χ0) is 11.1. The summed E-state index contributed by atoms with van der Waals surface area (Å²) in [7, 11) is 0. The number of alkyl halides is 1. The molecule has 2 atom stereocenters. The smallest absolute Gasteiger partial charge is 0.0576 e. The molecule has 15 heavy (non-hydrogen) atoms. The van der Waals surface area contributed by atoms with Gasteiger partial charge in [0.05, 0.1) is 6.10 Å². The molecule has 1 rings (SSSR count). The largest absolute Gasteiger partial charge is 0.378 e. The average molecular weight is 234 g/mol. The Morgan fingerprint density at radius 2 is 2.33 bits per heavy atom. The predicted molar refractivity (Wildman–Crippen MR) is 65.6 cm³/mol. The molecule has 1 saturated heterocycles. The molecule has 0 spiro atoms. The summed E-state index contributed by atoms with van der Waals surface area (Å²) in [6.07, 6.45) is 6.48. The summed E-state index contributed by atoms with van der Waals surface area (Å²) in [5, 5.41) is 3.53. The van der Waals surface area contributed by atoms with Crippen LogP contribution in [0.15, 0.2) is 0 Å². The van der Waals surface area contributed by atoms with Crippen molar-refractivity contribution in [1.82, 2.24) is 5.32 Å². The first-order valence-electron chi connectivity index (χ1n) is 6.13. The maximum absolute atomic E-state index is 5.93. The van der Waals surface area contributed by atoms with E-state index in [0.717, 1.165) is 19.6 Å². The van der Waals surface area contributed by atoms with E-state index in [0.29, 0.717) is 12.0 Å². The second-order valence-corrected chi connectivity index (χ2v) is 5.02. The number of hydrogen-bond acceptors (Lipinski definition) is 2. The minimum absolute atomic E-state index is 0.109. The summed E-state index contributed by atoms with van der Waals surface area (Å²) in [6, 6.07) is 0. The van der Waals surface area contributed by atoms with Gasteiger partial charge in [0, 0.05) is 18.0 Å². The molecule has 0 amide bonds. The molecule has 1 aliphatic heterocycles. The Kier molecular flexibility index (Phi) is 5.95. The Morgan fingerprint density at radius 1 is 1.53 bits per heavy atom. The molecule has 0 aliphatic carbocycles. The number of hydrogen-bond donors (Lipinski definition) is 1. The molecule has 90 valence electrons. The highest BCUT2D eigenvalue weighted by Crippen LogP contribution is 2.17. The van der Waals surface area contributed by atoms with Crippen molar-refractivity contribution in [2.75, 3.05) is 19.0 Å². The summed E-state index contributed by atoms with van der Waals surface area (Å²) in [5.41, 5.74) is 0.109. The van der Waals surface area contributed by atoms with Crippen LogP contribution in [0.1, 0.15) is 46.0 Å². The SMILES string of the molecule is CCC(C)(CCl)NCCCC1CCCO1. The van der Waals surface area contributed by atoms with Gasteiger partial charge in [-0.25, -0.2) is 0 Å². The van der Waals surface area contributed by atoms with Gasteiger partial charge in [0.15, 0.2) is 0 Å². The molecule has 0 aromatic rings. The second-order valence-electron chi connectivity index (χ2n) is 4.75. The highest BCUT2D eigenvalue weighted by atomic mass is 35.5. The third kappa shape index (κ3) is 4.71. The Morgan fingerprint density at radius 3 is 2.87 bits per heavy atom. The van der Waals surface area contributed by atoms with Crippen LogP contribution in [-0.2, 0) is 4.74 Å². The third-order valence-corrected chi connectivity index (χ3v) is 3.94. The summed E-state index contributed by atoms with van der Waals surface area (Å²) in [6.45, 7) is 6.38. The van der Waals surface area contributed by atoms with Crippen molar-refractivity contribution in [2.24, 2.45) is 0 Å². The van der Waals surface area contributed by atoms with Crippen molar-refractivity contribution < 1.29 is 4.74 Å². The van der Waals surface area contributed by atoms with Crippen LogP contribution in [-0.4, -0.2) is 30.7 Å². The maximum Gasteiger partial charge on any atom is 0.0576 e. The van der Waals surface area contributed by atoms with Crippen LogP contribution < -0.4 is 5.32 Å². The van der Waals surface area contributed by atoms with Crippen LogP contribution in [0.4, 0.5) is 0 Å². The van der Waals surface area contributed by atoms with Gasteiger partial charge in [-0.2, -0.15) is 0 Å². The summed E-state index contributed by atoms with van der Waals surface area (Å²) in [5.74, 6) is 0.684. The molecule has 0 aromatic heterocycles. The van der Waals surface area contributed by atoms with Crippen molar-refractivity contribution in [3.05, 3.63) is 0 Å². The Bertz CT molecular complexity index is 165. The first-order chi connectivity index (χ1) is 7.20. The predicted octanol–water partition coefficient (Wildman–Crippen LogP) is 2.94. The molecule has 3 heteroatoms. The molecule has 1 fully saturated rings. The maximum atomic E-state index is 5.93. The third-order valence-electron chi connectivity index (χ3n) is 3.35. The molecule has 1 N–H and O–H groups in total. The van der Waals surface area contributed by atoms with Gasteiger partial charge < -0.3 is 10.1 Å². The standard InChI is InChI=1S/C12H24ClNO/c1-3-12(2,10-13)14-8-4-6-11-7-5-9-15-11/h11,14H,3-10H2,1-2H3. The quantitative estimate of drug-likeness (QED) is 0.539. The van der Waals surface area contributed by atoms with E-state index in [4.69, 9.17) is 16.3 Å². The van der Waals surface area contributed by atoms with E-state index in [-0.39, 0.29) is 5.54 Å². The van der Waals surface area contributed by atoms with E-state index in [9.17, 15) is 0 Å². The summed E-state index contributed by atoms with van der Waals surface area (Å²) in [4.78, 5) is 0. The zero-order valence-electron chi connectivity index (χ0n) is 10.0. The second kappa shape index (κ2) is 6.72. The molecule has 0 bridgehead atoms. The van der Waals surface area contributed by atoms with Gasteiger partial charge in [-0.1, -0.05) is 6.92 Å². The van der Waals surface area contributed by atoms with E-state index in [1.807, 2.05) is 0 Å². The van der Waals surface area contributed by atoms with Crippen LogP contribution in [0.5, 0.6) is 0 Å². The number of ether oxygens (including phenoxy) is 1. The normalized spacial score (nSPS) is 25.4. The monoisotopic (exact) mass is 233 g/mol. The molecule has 2 nitrogen and oxygen atoms in total. The van der Waals surface area contributed by atoms with Gasteiger partial charge >= 0.3 is 0 Å². The zero-order valence-corrected chi connectivity index (χ0v) is 10.8. The summed E-state index contributed by atoms with van der Waals surface area (Å²) >= 11 is 5.93. The lowest BCUT2D eigenvalue weighted by Crippen LogP contribution is -2.44. The first-order valence-corrected chi connectivity index (χ1v) is 6.66. The number of rotatable bonds is 7. The molecule has 2 unspecified atom stereocenters. The van der Waals surface area contributed by atoms with Gasteiger partial charge in [-0.05, 0) is 45.6 Å². The van der Waals surface area contributed by atoms with E-state index in [1.165, 1.54) is 25.7 Å². The molecular weight excluding hydrogens is 210 g/mol. The van der Waals surface area contributed by atoms with Crippen molar-refractivity contribution in [3.8, 4) is 0 Å². The van der Waals surface area contributed by atoms with Gasteiger partial charge in [0.2, 0.25) is 0 Å². The fourth-order valence-electron chi connectivity index (χ4n) is 1.86. The average Bonchev–Trinajstić information content (AvgIpc) is 2.77. The van der Waals surface area contributed by atoms with Crippen LogP contribution in [0.2, 0.25) is 0 Å². The lowest BCUT2D eigenvalue weighted by atomic mass is 10.0. The fraction of sp³-hybridized carbons (Fsp3) is 1.00. The highest BCUT2D eigenvalue weighted by Gasteiger charge is 2.20. The Labute approximate surface area is 98.7 Å². The van der Waals surface area contributed by atoms with Crippen LogP contribution >= 0.6 is 11.6 Å². The molecule has 1 aliphatic rings. The van der Waals surface area contributed by atoms with Crippen molar-refractivity contribution in [2.45, 2.75) is 57.6 Å². The van der Waals surface area contributed by atoms with Crippen molar-refractivity contribution in [3.63, 3.8) is 0 Å². The Hall–Kier alpha value is 0.210. The lowest BCUT2D eigenvalue weighted by Gasteiger charge is -2.27. The van der Waals surface area contributed by atoms with E-state index < -0.39 is 0 Å². The highest BCUT2D eigenvalue weighted by molar-refractivity contribution is 6.18. The van der Waals surface area contributed by atoms with Crippen LogP contribution in [0.3, 0.4) is 0 Å². The van der Waals surface area contributed by atoms with Crippen molar-refractivity contribution >= 4 is 11.6 Å². The fourth-order valence-corrected chi connectivity index (χ4v) is 2.14. The molecule has 0 radical (unpaired) electrons. The van der Waals surface area contributed by atoms with Gasteiger partial charge in [0.1, 0.15) is 0 Å². The first kappa shape index (κ1) is 13.3. The topological polar surface area (TPSA) is 21.3 Å². The van der Waals surface area contributed by atoms with Gasteiger partial charge in [-0.15, -0.1) is 11.6 Å².